The quantitative estimate of drug-likeness (QED) is 0.486. The predicted octanol–water partition coefficient (Wildman–Crippen LogP) is -0.383. The largest absolute Gasteiger partial charge is 0.480 e. The van der Waals surface area contributed by atoms with Gasteiger partial charge in [0.25, 0.3) is 0 Å². The zero-order valence-electron chi connectivity index (χ0n) is 7.59. The lowest BCUT2D eigenvalue weighted by Gasteiger charge is -2.27. The summed E-state index contributed by atoms with van der Waals surface area (Å²) in [6, 6.07) is -0.666. The van der Waals surface area contributed by atoms with E-state index < -0.39 is 19.6 Å². The molecule has 1 unspecified atom stereocenters. The van der Waals surface area contributed by atoms with Crippen molar-refractivity contribution in [3.63, 3.8) is 0 Å². The highest BCUT2D eigenvalue weighted by molar-refractivity contribution is 7.51. The van der Waals surface area contributed by atoms with Crippen LogP contribution >= 0.6 is 7.60 Å². The van der Waals surface area contributed by atoms with Crippen molar-refractivity contribution in [2.24, 2.45) is 5.92 Å². The first-order chi connectivity index (χ1) is 6.38. The maximum absolute atomic E-state index is 10.7. The average molecular weight is 223 g/mol. The van der Waals surface area contributed by atoms with Gasteiger partial charge in [0.1, 0.15) is 6.04 Å². The molecule has 0 aromatic carbocycles. The van der Waals surface area contributed by atoms with E-state index in [0.717, 1.165) is 0 Å². The number of carboxylic acids is 1. The number of hydrogen-bond donors (Lipinski definition) is 4. The summed E-state index contributed by atoms with van der Waals surface area (Å²) in [7, 11) is -4.01. The van der Waals surface area contributed by atoms with Gasteiger partial charge in [-0.2, -0.15) is 0 Å². The van der Waals surface area contributed by atoms with Crippen LogP contribution in [0.4, 0.5) is 0 Å². The van der Waals surface area contributed by atoms with E-state index in [9.17, 15) is 9.36 Å². The molecule has 4 N–H and O–H groups in total. The fraction of sp³-hybridized carbons (Fsp3) is 0.857. The molecule has 2 atom stereocenters. The van der Waals surface area contributed by atoms with Crippen LogP contribution in [0.25, 0.3) is 0 Å². The molecule has 0 saturated carbocycles. The lowest BCUT2D eigenvalue weighted by atomic mass is 9.94. The molecule has 1 saturated heterocycles. The summed E-state index contributed by atoms with van der Waals surface area (Å²) < 4.78 is 10.7. The Balaban J connectivity index is 2.48. The Labute approximate surface area is 81.5 Å². The predicted molar refractivity (Wildman–Crippen MR) is 49.1 cm³/mol. The van der Waals surface area contributed by atoms with Crippen LogP contribution in [0, 0.1) is 5.92 Å². The van der Waals surface area contributed by atoms with Gasteiger partial charge in [0.15, 0.2) is 0 Å². The van der Waals surface area contributed by atoms with Gasteiger partial charge in [-0.1, -0.05) is 0 Å². The van der Waals surface area contributed by atoms with Crippen molar-refractivity contribution in [3.8, 4) is 0 Å². The topological polar surface area (TPSA) is 107 Å². The van der Waals surface area contributed by atoms with Crippen LogP contribution in [0.15, 0.2) is 0 Å². The highest BCUT2D eigenvalue weighted by Gasteiger charge is 2.30. The number of carboxylic acid groups (broad SMARTS) is 1. The standard InChI is InChI=1S/C7H14NO5P/c9-7(10)6-3-5(1-2-8-6)4-14(11,12)13/h5-6,8H,1-4H2,(H,9,10)(H2,11,12,13)/t5?,6-/m1/s1. The summed E-state index contributed by atoms with van der Waals surface area (Å²) in [5.41, 5.74) is 0. The molecule has 0 bridgehead atoms. The van der Waals surface area contributed by atoms with Gasteiger partial charge in [0.2, 0.25) is 0 Å². The number of aliphatic carboxylic acids is 1. The second-order valence-electron chi connectivity index (χ2n) is 3.58. The Kier molecular flexibility index (Phi) is 3.66. The van der Waals surface area contributed by atoms with Crippen LogP contribution in [0.2, 0.25) is 0 Å². The second kappa shape index (κ2) is 4.40. The number of rotatable bonds is 3. The van der Waals surface area contributed by atoms with E-state index in [1.807, 2.05) is 0 Å². The highest BCUT2D eigenvalue weighted by Crippen LogP contribution is 2.39. The van der Waals surface area contributed by atoms with E-state index in [2.05, 4.69) is 5.32 Å². The van der Waals surface area contributed by atoms with E-state index in [4.69, 9.17) is 14.9 Å². The number of piperidine rings is 1. The molecule has 0 radical (unpaired) electrons. The number of nitrogens with one attached hydrogen (secondary N) is 1. The third kappa shape index (κ3) is 3.75. The number of hydrogen-bond acceptors (Lipinski definition) is 3. The lowest BCUT2D eigenvalue weighted by Crippen LogP contribution is -2.44. The van der Waals surface area contributed by atoms with Gasteiger partial charge < -0.3 is 20.2 Å². The van der Waals surface area contributed by atoms with Crippen molar-refractivity contribution >= 4 is 13.6 Å². The van der Waals surface area contributed by atoms with Crippen molar-refractivity contribution in [2.45, 2.75) is 18.9 Å². The van der Waals surface area contributed by atoms with Crippen molar-refractivity contribution in [1.29, 1.82) is 0 Å². The Hall–Kier alpha value is -0.420. The molecule has 1 aliphatic heterocycles. The smallest absolute Gasteiger partial charge is 0.325 e. The van der Waals surface area contributed by atoms with Gasteiger partial charge in [-0.3, -0.25) is 9.36 Å². The normalized spacial score (nSPS) is 28.7. The van der Waals surface area contributed by atoms with Crippen molar-refractivity contribution in [1.82, 2.24) is 5.32 Å². The van der Waals surface area contributed by atoms with E-state index >= 15 is 0 Å². The molecule has 1 rings (SSSR count). The van der Waals surface area contributed by atoms with Crippen LogP contribution in [0.1, 0.15) is 12.8 Å². The molecule has 0 amide bonds. The average Bonchev–Trinajstić information content (AvgIpc) is 2.01. The van der Waals surface area contributed by atoms with Crippen molar-refractivity contribution in [2.75, 3.05) is 12.7 Å². The second-order valence-corrected chi connectivity index (χ2v) is 5.28. The monoisotopic (exact) mass is 223 g/mol. The van der Waals surface area contributed by atoms with E-state index in [-0.39, 0.29) is 12.1 Å². The molecular weight excluding hydrogens is 209 g/mol. The Bertz CT molecular complexity index is 263. The SMILES string of the molecule is O=C(O)[C@H]1CC(CP(=O)(O)O)CCN1. The van der Waals surface area contributed by atoms with Gasteiger partial charge in [-0.05, 0) is 25.3 Å². The van der Waals surface area contributed by atoms with Gasteiger partial charge >= 0.3 is 13.6 Å². The molecule has 7 heteroatoms. The highest BCUT2D eigenvalue weighted by atomic mass is 31.2. The molecule has 0 aliphatic carbocycles. The summed E-state index contributed by atoms with van der Waals surface area (Å²) >= 11 is 0. The maximum atomic E-state index is 10.7. The molecule has 1 fully saturated rings. The zero-order chi connectivity index (χ0) is 10.8. The molecule has 1 heterocycles. The summed E-state index contributed by atoms with van der Waals surface area (Å²) in [6.45, 7) is 0.502. The molecule has 6 nitrogen and oxygen atoms in total. The van der Waals surface area contributed by atoms with E-state index in [1.54, 1.807) is 0 Å². The van der Waals surface area contributed by atoms with Crippen LogP contribution in [0.5, 0.6) is 0 Å². The first-order valence-corrected chi connectivity index (χ1v) is 6.19. The third-order valence-electron chi connectivity index (χ3n) is 2.31. The van der Waals surface area contributed by atoms with Crippen LogP contribution < -0.4 is 5.32 Å². The minimum atomic E-state index is -4.01. The molecule has 0 spiro atoms. The lowest BCUT2D eigenvalue weighted by molar-refractivity contribution is -0.140. The molecule has 14 heavy (non-hydrogen) atoms. The van der Waals surface area contributed by atoms with Gasteiger partial charge in [-0.25, -0.2) is 0 Å². The number of carbonyl (C=O) groups is 1. The fourth-order valence-electron chi connectivity index (χ4n) is 1.69. The first-order valence-electron chi connectivity index (χ1n) is 4.39. The van der Waals surface area contributed by atoms with Gasteiger partial charge in [0.05, 0.1) is 6.16 Å². The molecule has 82 valence electrons. The van der Waals surface area contributed by atoms with Crippen LogP contribution in [-0.2, 0) is 9.36 Å². The van der Waals surface area contributed by atoms with Crippen molar-refractivity contribution in [3.05, 3.63) is 0 Å². The maximum Gasteiger partial charge on any atom is 0.325 e. The third-order valence-corrected chi connectivity index (χ3v) is 3.30. The van der Waals surface area contributed by atoms with Crippen LogP contribution in [0.3, 0.4) is 0 Å². The van der Waals surface area contributed by atoms with E-state index in [0.29, 0.717) is 19.4 Å². The van der Waals surface area contributed by atoms with Crippen LogP contribution in [-0.4, -0.2) is 39.6 Å². The minimum absolute atomic E-state index is 0.196. The molecular formula is C7H14NO5P. The summed E-state index contributed by atoms with van der Waals surface area (Å²) in [5.74, 6) is -1.15. The summed E-state index contributed by atoms with van der Waals surface area (Å²) in [4.78, 5) is 28.1. The Morgan fingerprint density at radius 1 is 1.50 bits per heavy atom. The Morgan fingerprint density at radius 2 is 2.14 bits per heavy atom. The molecule has 0 aromatic rings. The van der Waals surface area contributed by atoms with Gasteiger partial charge in [-0.15, -0.1) is 0 Å². The summed E-state index contributed by atoms with van der Waals surface area (Å²) in [6.07, 6.45) is 0.702. The minimum Gasteiger partial charge on any atom is -0.480 e. The zero-order valence-corrected chi connectivity index (χ0v) is 8.48. The first kappa shape index (κ1) is 11.7. The van der Waals surface area contributed by atoms with Gasteiger partial charge in [0, 0.05) is 0 Å². The molecule has 1 aliphatic rings. The van der Waals surface area contributed by atoms with Crippen molar-refractivity contribution < 1.29 is 24.3 Å². The Morgan fingerprint density at radius 3 is 2.64 bits per heavy atom. The van der Waals surface area contributed by atoms with E-state index in [1.165, 1.54) is 0 Å². The fourth-order valence-corrected chi connectivity index (χ4v) is 2.69. The molecule has 0 aromatic heterocycles. The summed E-state index contributed by atoms with van der Waals surface area (Å²) in [5, 5.41) is 11.5.